The second-order valence-electron chi connectivity index (χ2n) is 7.54. The van der Waals surface area contributed by atoms with Crippen molar-refractivity contribution in [3.63, 3.8) is 0 Å². The first-order chi connectivity index (χ1) is 17.6. The molecule has 5 rings (SSSR count). The van der Waals surface area contributed by atoms with Gasteiger partial charge in [-0.05, 0) is 29.8 Å². The van der Waals surface area contributed by atoms with Crippen molar-refractivity contribution in [3.05, 3.63) is 72.8 Å². The zero-order valence-corrected chi connectivity index (χ0v) is 18.2. The molecule has 0 atom stereocenters. The van der Waals surface area contributed by atoms with E-state index in [-0.39, 0.29) is 28.2 Å². The van der Waals surface area contributed by atoms with E-state index in [9.17, 15) is 18.0 Å². The van der Waals surface area contributed by atoms with E-state index < -0.39 is 40.9 Å². The van der Waals surface area contributed by atoms with Crippen LogP contribution in [0.3, 0.4) is 0 Å². The number of alkyl halides is 3. The smallest absolute Gasteiger partial charge is 0.416 e. The lowest BCUT2D eigenvalue weighted by Gasteiger charge is -2.12. The molecule has 0 saturated carbocycles. The molecule has 0 bridgehead atoms. The molecule has 4 N–H and O–H groups in total. The first-order valence-electron chi connectivity index (χ1n) is 10.2. The molecule has 2 amide bonds. The molecule has 0 aliphatic rings. The van der Waals surface area contributed by atoms with Gasteiger partial charge in [0.2, 0.25) is 0 Å². The fraction of sp³-hybridized carbons (Fsp3) is 0.0455. The predicted octanol–water partition coefficient (Wildman–Crippen LogP) is 4.97. The molecule has 0 fully saturated rings. The van der Waals surface area contributed by atoms with Crippen LogP contribution in [0.25, 0.3) is 28.0 Å². The predicted molar refractivity (Wildman–Crippen MR) is 120 cm³/mol. The Kier molecular flexibility index (Phi) is 5.66. The topological polar surface area (TPSA) is 136 Å². The van der Waals surface area contributed by atoms with Crippen LogP contribution in [-0.4, -0.2) is 30.6 Å². The van der Waals surface area contributed by atoms with Gasteiger partial charge in [-0.25, -0.2) is 33.0 Å². The van der Waals surface area contributed by atoms with Gasteiger partial charge in [0.25, 0.3) is 0 Å². The van der Waals surface area contributed by atoms with E-state index in [0.29, 0.717) is 17.7 Å². The van der Waals surface area contributed by atoms with E-state index in [0.717, 1.165) is 18.3 Å². The summed E-state index contributed by atoms with van der Waals surface area (Å²) < 4.78 is 75.4. The molecule has 5 aromatic rings. The number of nitrogens with one attached hydrogen (secondary N) is 2. The molecule has 4 heterocycles. The van der Waals surface area contributed by atoms with Crippen LogP contribution >= 0.6 is 0 Å². The Bertz CT molecular complexity index is 1610. The van der Waals surface area contributed by atoms with Crippen molar-refractivity contribution in [2.45, 2.75) is 6.18 Å². The van der Waals surface area contributed by atoms with Gasteiger partial charge in [0.1, 0.15) is 35.0 Å². The van der Waals surface area contributed by atoms with Crippen LogP contribution in [0, 0.1) is 11.6 Å². The standard InChI is InChI=1S/C22H13F5N8O2/c23-13-3-10(17-12(15-6-29-9-37-15)7-35-19(17)20(28)31-8-32-35)4-14(24)18(13)34-21(36)33-16-5-11(1-2-30-16)22(25,26)27/h1-9H,(H2,28,31,32)(H2,30,33,34,36). The van der Waals surface area contributed by atoms with E-state index in [1.54, 1.807) is 0 Å². The largest absolute Gasteiger partial charge is 0.443 e. The lowest BCUT2D eigenvalue weighted by molar-refractivity contribution is -0.137. The highest BCUT2D eigenvalue weighted by Gasteiger charge is 2.31. The molecule has 15 heteroatoms. The highest BCUT2D eigenvalue weighted by Crippen LogP contribution is 2.40. The third-order valence-corrected chi connectivity index (χ3v) is 5.20. The van der Waals surface area contributed by atoms with Gasteiger partial charge >= 0.3 is 12.2 Å². The number of urea groups is 1. The second-order valence-corrected chi connectivity index (χ2v) is 7.54. The first kappa shape index (κ1) is 23.7. The number of carbonyl (C=O) groups excluding carboxylic acids is 1. The molecule has 0 aliphatic heterocycles. The Labute approximate surface area is 203 Å². The van der Waals surface area contributed by atoms with Crippen molar-refractivity contribution in [3.8, 4) is 22.5 Å². The van der Waals surface area contributed by atoms with Gasteiger partial charge in [-0.3, -0.25) is 5.32 Å². The van der Waals surface area contributed by atoms with Gasteiger partial charge in [-0.15, -0.1) is 0 Å². The van der Waals surface area contributed by atoms with Crippen LogP contribution in [0.5, 0.6) is 0 Å². The van der Waals surface area contributed by atoms with Gasteiger partial charge in [-0.1, -0.05) is 0 Å². The van der Waals surface area contributed by atoms with Crippen molar-refractivity contribution in [1.82, 2.24) is 24.6 Å². The molecule has 0 spiro atoms. The zero-order valence-electron chi connectivity index (χ0n) is 18.2. The van der Waals surface area contributed by atoms with Gasteiger partial charge in [0, 0.05) is 23.5 Å². The number of nitrogens with two attached hydrogens (primary N) is 1. The highest BCUT2D eigenvalue weighted by molar-refractivity contribution is 6.01. The van der Waals surface area contributed by atoms with Crippen LogP contribution < -0.4 is 16.4 Å². The lowest BCUT2D eigenvalue weighted by Crippen LogP contribution is -2.22. The van der Waals surface area contributed by atoms with Gasteiger partial charge < -0.3 is 15.5 Å². The number of anilines is 3. The third kappa shape index (κ3) is 4.49. The SMILES string of the molecule is Nc1ncnn2cc(-c3cnco3)c(-c3cc(F)c(NC(=O)Nc4cc(C(F)(F)F)ccn4)c(F)c3)c12. The number of halogens is 5. The quantitative estimate of drug-likeness (QED) is 0.287. The average Bonchev–Trinajstić information content (AvgIpc) is 3.49. The summed E-state index contributed by atoms with van der Waals surface area (Å²) in [6.45, 7) is 0. The van der Waals surface area contributed by atoms with Crippen LogP contribution in [0.2, 0.25) is 0 Å². The van der Waals surface area contributed by atoms with Crippen LogP contribution in [0.15, 0.2) is 60.0 Å². The number of pyridine rings is 1. The number of benzene rings is 1. The summed E-state index contributed by atoms with van der Waals surface area (Å²) in [6, 6.07) is 1.93. The Morgan fingerprint density at radius 1 is 1.08 bits per heavy atom. The van der Waals surface area contributed by atoms with E-state index in [2.05, 4.69) is 20.1 Å². The molecule has 0 saturated heterocycles. The number of rotatable bonds is 4. The molecule has 0 aliphatic carbocycles. The Morgan fingerprint density at radius 2 is 1.84 bits per heavy atom. The van der Waals surface area contributed by atoms with Crippen molar-refractivity contribution >= 4 is 28.9 Å². The van der Waals surface area contributed by atoms with Crippen LogP contribution in [0.4, 0.5) is 44.1 Å². The zero-order chi connectivity index (χ0) is 26.3. The van der Waals surface area contributed by atoms with Crippen molar-refractivity contribution in [2.24, 2.45) is 0 Å². The van der Waals surface area contributed by atoms with Crippen molar-refractivity contribution in [2.75, 3.05) is 16.4 Å². The summed E-state index contributed by atoms with van der Waals surface area (Å²) in [5.41, 5.74) is 4.93. The Morgan fingerprint density at radius 3 is 2.51 bits per heavy atom. The summed E-state index contributed by atoms with van der Waals surface area (Å²) in [6.07, 6.45) is 1.42. The maximum Gasteiger partial charge on any atom is 0.416 e. The Balaban J connectivity index is 1.49. The van der Waals surface area contributed by atoms with Gasteiger partial charge in [0.15, 0.2) is 18.0 Å². The second kappa shape index (κ2) is 8.85. The minimum Gasteiger partial charge on any atom is -0.443 e. The maximum atomic E-state index is 15.0. The molecular weight excluding hydrogens is 503 g/mol. The highest BCUT2D eigenvalue weighted by atomic mass is 19.4. The number of hydrogen-bond acceptors (Lipinski definition) is 7. The molecule has 10 nitrogen and oxygen atoms in total. The summed E-state index contributed by atoms with van der Waals surface area (Å²) in [7, 11) is 0. The number of oxazole rings is 1. The minimum absolute atomic E-state index is 0.0101. The number of hydrogen-bond donors (Lipinski definition) is 3. The lowest BCUT2D eigenvalue weighted by atomic mass is 10.0. The number of nitrogen functional groups attached to an aromatic ring is 1. The number of nitrogens with zero attached hydrogens (tertiary/aromatic N) is 5. The molecular formula is C22H13F5N8O2. The summed E-state index contributed by atoms with van der Waals surface area (Å²) in [4.78, 5) is 23.6. The molecule has 0 radical (unpaired) electrons. The minimum atomic E-state index is -4.67. The fourth-order valence-electron chi connectivity index (χ4n) is 3.64. The Hall–Kier alpha value is -5.08. The first-order valence-corrected chi connectivity index (χ1v) is 10.2. The average molecular weight is 516 g/mol. The fourth-order valence-corrected chi connectivity index (χ4v) is 3.64. The van der Waals surface area contributed by atoms with E-state index in [1.807, 2.05) is 10.6 Å². The maximum absolute atomic E-state index is 15.0. The van der Waals surface area contributed by atoms with Crippen LogP contribution in [-0.2, 0) is 6.18 Å². The summed E-state index contributed by atoms with van der Waals surface area (Å²) in [5.74, 6) is -2.55. The molecule has 1 aromatic carbocycles. The van der Waals surface area contributed by atoms with Gasteiger partial charge in [0.05, 0.1) is 11.8 Å². The van der Waals surface area contributed by atoms with E-state index in [1.165, 1.54) is 29.6 Å². The van der Waals surface area contributed by atoms with Gasteiger partial charge in [-0.2, -0.15) is 18.3 Å². The van der Waals surface area contributed by atoms with E-state index in [4.69, 9.17) is 10.2 Å². The third-order valence-electron chi connectivity index (χ3n) is 5.20. The normalized spacial score (nSPS) is 11.6. The van der Waals surface area contributed by atoms with Crippen molar-refractivity contribution < 1.29 is 31.2 Å². The summed E-state index contributed by atoms with van der Waals surface area (Å²) >= 11 is 0. The van der Waals surface area contributed by atoms with E-state index >= 15 is 8.78 Å². The number of amides is 2. The number of fused-ring (bicyclic) bond motifs is 1. The monoisotopic (exact) mass is 516 g/mol. The molecule has 0 unspecified atom stereocenters. The molecule has 4 aromatic heterocycles. The number of aromatic nitrogens is 5. The molecule has 37 heavy (non-hydrogen) atoms. The summed E-state index contributed by atoms with van der Waals surface area (Å²) in [5, 5.41) is 8.01. The van der Waals surface area contributed by atoms with Crippen LogP contribution in [0.1, 0.15) is 5.56 Å². The number of carbonyl (C=O) groups is 1. The molecule has 188 valence electrons. The van der Waals surface area contributed by atoms with Crippen molar-refractivity contribution in [1.29, 1.82) is 0 Å².